The topological polar surface area (TPSA) is 75.7 Å². The summed E-state index contributed by atoms with van der Waals surface area (Å²) in [4.78, 5) is 12.2. The standard InChI is InChI=1S/C18H16Cl2FIN2O4S/c1-23-18(25)16-8-13(28-17-3-2-12(22)7-15(17)21)9-24(16)29(26,27)14-5-10(19)4-11(20)6-14/h2-7,13,16H,8-9H2,1H3,(H,23,25)/t13-,16+/m0/s1. The Hall–Kier alpha value is -1.14. The van der Waals surface area contributed by atoms with E-state index in [4.69, 9.17) is 27.9 Å². The van der Waals surface area contributed by atoms with E-state index in [1.54, 1.807) is 6.07 Å². The molecular formula is C18H16Cl2FIN2O4S. The van der Waals surface area contributed by atoms with Gasteiger partial charge in [-0.3, -0.25) is 4.79 Å². The summed E-state index contributed by atoms with van der Waals surface area (Å²) in [7, 11) is -2.69. The quantitative estimate of drug-likeness (QED) is 0.555. The van der Waals surface area contributed by atoms with Crippen LogP contribution in [0, 0.1) is 9.39 Å². The van der Waals surface area contributed by atoms with Crippen molar-refractivity contribution in [1.29, 1.82) is 0 Å². The summed E-state index contributed by atoms with van der Waals surface area (Å²) in [6, 6.07) is 7.37. The smallest absolute Gasteiger partial charge is 0.244 e. The summed E-state index contributed by atoms with van der Waals surface area (Å²) in [5.74, 6) is -1.05. The minimum Gasteiger partial charge on any atom is -0.486 e. The van der Waals surface area contributed by atoms with Crippen molar-refractivity contribution in [3.63, 3.8) is 0 Å². The Morgan fingerprint density at radius 2 is 1.90 bits per heavy atom. The molecule has 0 aliphatic carbocycles. The summed E-state index contributed by atoms with van der Waals surface area (Å²) in [5.41, 5.74) is 0. The minimum atomic E-state index is -4.10. The highest BCUT2D eigenvalue weighted by Gasteiger charge is 2.45. The lowest BCUT2D eigenvalue weighted by Gasteiger charge is -2.22. The second-order valence-electron chi connectivity index (χ2n) is 6.36. The van der Waals surface area contributed by atoms with Gasteiger partial charge in [0.15, 0.2) is 11.6 Å². The number of carbonyl (C=O) groups is 1. The van der Waals surface area contributed by atoms with Gasteiger partial charge in [-0.2, -0.15) is 4.31 Å². The maximum absolute atomic E-state index is 14.1. The van der Waals surface area contributed by atoms with Crippen molar-refractivity contribution in [3.8, 4) is 5.75 Å². The summed E-state index contributed by atoms with van der Waals surface area (Å²) in [5, 5.41) is 2.77. The molecular weight excluding hydrogens is 557 g/mol. The van der Waals surface area contributed by atoms with Crippen LogP contribution in [0.2, 0.25) is 10.0 Å². The molecule has 1 amide bonds. The Morgan fingerprint density at radius 1 is 1.24 bits per heavy atom. The summed E-state index contributed by atoms with van der Waals surface area (Å²) >= 11 is 13.9. The van der Waals surface area contributed by atoms with E-state index in [-0.39, 0.29) is 33.7 Å². The van der Waals surface area contributed by atoms with Gasteiger partial charge < -0.3 is 10.1 Å². The van der Waals surface area contributed by atoms with Crippen molar-refractivity contribution in [2.24, 2.45) is 0 Å². The Labute approximate surface area is 191 Å². The minimum absolute atomic E-state index is 0.00359. The number of ether oxygens (including phenoxy) is 1. The largest absolute Gasteiger partial charge is 0.486 e. The van der Waals surface area contributed by atoms with E-state index in [2.05, 4.69) is 5.32 Å². The zero-order chi connectivity index (χ0) is 21.3. The van der Waals surface area contributed by atoms with Crippen LogP contribution >= 0.6 is 45.8 Å². The SMILES string of the molecule is CNC(=O)[C@H]1C[C@H](Oc2ccc(I)cc2F)CN1S(=O)(=O)c1cc(Cl)cc(Cl)c1. The predicted molar refractivity (Wildman–Crippen MR) is 116 cm³/mol. The number of carbonyl (C=O) groups excluding carboxylic acids is 1. The number of hydrogen-bond donors (Lipinski definition) is 1. The molecule has 1 N–H and O–H groups in total. The van der Waals surface area contributed by atoms with Crippen LogP contribution in [0.15, 0.2) is 41.3 Å². The molecule has 0 aromatic heterocycles. The molecule has 0 unspecified atom stereocenters. The number of nitrogens with zero attached hydrogens (tertiary/aromatic N) is 1. The number of hydrogen-bond acceptors (Lipinski definition) is 4. The fourth-order valence-electron chi connectivity index (χ4n) is 3.09. The lowest BCUT2D eigenvalue weighted by molar-refractivity contribution is -0.123. The molecule has 0 radical (unpaired) electrons. The number of halogens is 4. The van der Waals surface area contributed by atoms with Crippen molar-refractivity contribution < 1.29 is 22.3 Å². The molecule has 1 aliphatic rings. The van der Waals surface area contributed by atoms with Crippen molar-refractivity contribution >= 4 is 61.7 Å². The maximum Gasteiger partial charge on any atom is 0.244 e. The maximum atomic E-state index is 14.1. The number of benzene rings is 2. The molecule has 0 saturated carbocycles. The third-order valence-electron chi connectivity index (χ3n) is 4.40. The first-order chi connectivity index (χ1) is 13.6. The van der Waals surface area contributed by atoms with E-state index in [0.29, 0.717) is 3.57 Å². The molecule has 29 heavy (non-hydrogen) atoms. The van der Waals surface area contributed by atoms with Gasteiger partial charge in [0.2, 0.25) is 15.9 Å². The number of amides is 1. The van der Waals surface area contributed by atoms with E-state index in [0.717, 1.165) is 4.31 Å². The van der Waals surface area contributed by atoms with Crippen molar-refractivity contribution in [2.45, 2.75) is 23.5 Å². The van der Waals surface area contributed by atoms with Crippen molar-refractivity contribution in [1.82, 2.24) is 9.62 Å². The lowest BCUT2D eigenvalue weighted by atomic mass is 10.2. The molecule has 2 atom stereocenters. The number of likely N-dealkylation sites (N-methyl/N-ethyl adjacent to an activating group) is 1. The van der Waals surface area contributed by atoms with Crippen molar-refractivity contribution in [2.75, 3.05) is 13.6 Å². The Bertz CT molecular complexity index is 1030. The van der Waals surface area contributed by atoms with Gasteiger partial charge in [-0.05, 0) is 59.0 Å². The normalized spacial score (nSPS) is 19.9. The monoisotopic (exact) mass is 572 g/mol. The van der Waals surface area contributed by atoms with Gasteiger partial charge >= 0.3 is 0 Å². The summed E-state index contributed by atoms with van der Waals surface area (Å²) in [6.45, 7) is -0.129. The molecule has 1 heterocycles. The Kier molecular flexibility index (Phi) is 6.94. The molecule has 6 nitrogen and oxygen atoms in total. The van der Waals surface area contributed by atoms with Gasteiger partial charge in [0, 0.05) is 27.1 Å². The highest BCUT2D eigenvalue weighted by molar-refractivity contribution is 14.1. The fraction of sp³-hybridized carbons (Fsp3) is 0.278. The van der Waals surface area contributed by atoms with Crippen LogP contribution < -0.4 is 10.1 Å². The zero-order valence-electron chi connectivity index (χ0n) is 15.0. The van der Waals surface area contributed by atoms with Gasteiger partial charge in [-0.15, -0.1) is 0 Å². The first kappa shape index (κ1) is 22.5. The molecule has 2 aromatic carbocycles. The van der Waals surface area contributed by atoms with E-state index in [1.165, 1.54) is 37.4 Å². The summed E-state index contributed by atoms with van der Waals surface area (Å²) < 4.78 is 47.9. The van der Waals surface area contributed by atoms with E-state index in [9.17, 15) is 17.6 Å². The van der Waals surface area contributed by atoms with Crippen LogP contribution in [0.3, 0.4) is 0 Å². The van der Waals surface area contributed by atoms with E-state index in [1.807, 2.05) is 22.6 Å². The van der Waals surface area contributed by atoms with Crippen molar-refractivity contribution in [3.05, 3.63) is 55.8 Å². The number of sulfonamides is 1. The average molecular weight is 573 g/mol. The van der Waals surface area contributed by atoms with Crippen LogP contribution in [-0.2, 0) is 14.8 Å². The molecule has 0 spiro atoms. The van der Waals surface area contributed by atoms with Gasteiger partial charge in [-0.1, -0.05) is 23.2 Å². The first-order valence-electron chi connectivity index (χ1n) is 8.43. The molecule has 0 bridgehead atoms. The van der Waals surface area contributed by atoms with Gasteiger partial charge in [0.05, 0.1) is 11.4 Å². The average Bonchev–Trinajstić information content (AvgIpc) is 3.07. The molecule has 1 fully saturated rings. The lowest BCUT2D eigenvalue weighted by Crippen LogP contribution is -2.44. The van der Waals surface area contributed by atoms with Crippen LogP contribution in [0.25, 0.3) is 0 Å². The van der Waals surface area contributed by atoms with E-state index >= 15 is 0 Å². The summed E-state index contributed by atoms with van der Waals surface area (Å²) in [6.07, 6.45) is -0.644. The van der Waals surface area contributed by atoms with Gasteiger partial charge in [0.1, 0.15) is 12.1 Å². The Balaban J connectivity index is 1.92. The molecule has 11 heteroatoms. The van der Waals surface area contributed by atoms with Crippen LogP contribution in [0.4, 0.5) is 4.39 Å². The molecule has 3 rings (SSSR count). The number of rotatable bonds is 5. The molecule has 1 aliphatic heterocycles. The van der Waals surface area contributed by atoms with Gasteiger partial charge in [-0.25, -0.2) is 12.8 Å². The first-order valence-corrected chi connectivity index (χ1v) is 11.7. The second-order valence-corrected chi connectivity index (χ2v) is 10.4. The van der Waals surface area contributed by atoms with Gasteiger partial charge in [0.25, 0.3) is 0 Å². The highest BCUT2D eigenvalue weighted by Crippen LogP contribution is 2.32. The van der Waals surface area contributed by atoms with Crippen LogP contribution in [-0.4, -0.2) is 44.4 Å². The third kappa shape index (κ3) is 4.96. The zero-order valence-corrected chi connectivity index (χ0v) is 19.5. The molecule has 156 valence electrons. The Morgan fingerprint density at radius 3 is 2.48 bits per heavy atom. The molecule has 1 saturated heterocycles. The van der Waals surface area contributed by atoms with Crippen LogP contribution in [0.5, 0.6) is 5.75 Å². The highest BCUT2D eigenvalue weighted by atomic mass is 127. The predicted octanol–water partition coefficient (Wildman–Crippen LogP) is 3.69. The number of nitrogens with one attached hydrogen (secondary N) is 1. The molecule has 2 aromatic rings. The fourth-order valence-corrected chi connectivity index (χ4v) is 5.90. The van der Waals surface area contributed by atoms with Crippen LogP contribution in [0.1, 0.15) is 6.42 Å². The van der Waals surface area contributed by atoms with E-state index < -0.39 is 33.9 Å². The second kappa shape index (κ2) is 8.93. The third-order valence-corrected chi connectivity index (χ3v) is 7.36.